The molecular formula is C27H34O9. The molecule has 3 fully saturated rings. The molecule has 0 amide bonds. The summed E-state index contributed by atoms with van der Waals surface area (Å²) in [5.74, 6) is -3.06. The highest BCUT2D eigenvalue weighted by Crippen LogP contribution is 2.75. The molecule has 0 aromatic carbocycles. The molecule has 5 aliphatic rings. The van der Waals surface area contributed by atoms with Gasteiger partial charge in [0.05, 0.1) is 31.8 Å². The van der Waals surface area contributed by atoms with Crippen LogP contribution in [0.5, 0.6) is 0 Å². The zero-order chi connectivity index (χ0) is 26.6. The molecule has 196 valence electrons. The minimum absolute atomic E-state index is 0.0572. The zero-order valence-electron chi connectivity index (χ0n) is 21.2. The van der Waals surface area contributed by atoms with E-state index in [1.54, 1.807) is 26.8 Å². The molecule has 36 heavy (non-hydrogen) atoms. The van der Waals surface area contributed by atoms with Crippen molar-refractivity contribution >= 4 is 17.7 Å². The number of allylic oxidation sites excluding steroid dienone is 2. The number of methoxy groups -OCH3 is 1. The first-order chi connectivity index (χ1) is 16.7. The first-order valence-corrected chi connectivity index (χ1v) is 12.3. The van der Waals surface area contributed by atoms with Crippen molar-refractivity contribution in [3.05, 3.63) is 36.0 Å². The Morgan fingerprint density at radius 2 is 1.86 bits per heavy atom. The van der Waals surface area contributed by atoms with Crippen LogP contribution < -0.4 is 0 Å². The number of aliphatic hydroxyl groups excluding tert-OH is 3. The first-order valence-electron chi connectivity index (χ1n) is 12.3. The fourth-order valence-electron chi connectivity index (χ4n) is 8.12. The summed E-state index contributed by atoms with van der Waals surface area (Å²) in [5, 5.41) is 33.8. The monoisotopic (exact) mass is 502 g/mol. The van der Waals surface area contributed by atoms with Gasteiger partial charge in [-0.1, -0.05) is 40.3 Å². The number of hydrogen-bond donors (Lipinski definition) is 3. The summed E-state index contributed by atoms with van der Waals surface area (Å²) in [6.07, 6.45) is 0.408. The second-order valence-corrected chi connectivity index (χ2v) is 11.9. The molecule has 10 atom stereocenters. The van der Waals surface area contributed by atoms with E-state index in [1.807, 2.05) is 6.92 Å². The summed E-state index contributed by atoms with van der Waals surface area (Å²) in [6.45, 7) is 11.6. The fraction of sp³-hybridized carbons (Fsp3) is 0.667. The first kappa shape index (κ1) is 25.3. The van der Waals surface area contributed by atoms with Gasteiger partial charge in [0.15, 0.2) is 5.78 Å². The molecule has 5 rings (SSSR count). The van der Waals surface area contributed by atoms with Gasteiger partial charge < -0.3 is 29.5 Å². The van der Waals surface area contributed by atoms with Crippen LogP contribution in [0.2, 0.25) is 0 Å². The molecule has 9 heteroatoms. The molecule has 0 radical (unpaired) electrons. The maximum Gasteiger partial charge on any atom is 0.333 e. The summed E-state index contributed by atoms with van der Waals surface area (Å²) >= 11 is 0. The molecule has 0 aromatic rings. The molecule has 0 bridgehead atoms. The number of ether oxygens (including phenoxy) is 3. The number of carbonyl (C=O) groups is 3. The van der Waals surface area contributed by atoms with Crippen LogP contribution in [0.1, 0.15) is 40.5 Å². The second kappa shape index (κ2) is 7.60. The third-order valence-corrected chi connectivity index (χ3v) is 10.1. The lowest BCUT2D eigenvalue weighted by Crippen LogP contribution is -2.65. The Morgan fingerprint density at radius 3 is 2.44 bits per heavy atom. The van der Waals surface area contributed by atoms with Crippen molar-refractivity contribution in [1.29, 1.82) is 0 Å². The van der Waals surface area contributed by atoms with Crippen molar-refractivity contribution in [3.8, 4) is 0 Å². The van der Waals surface area contributed by atoms with Crippen LogP contribution in [-0.2, 0) is 28.6 Å². The number of hydrogen-bond acceptors (Lipinski definition) is 9. The summed E-state index contributed by atoms with van der Waals surface area (Å²) in [6, 6.07) is 0. The summed E-state index contributed by atoms with van der Waals surface area (Å²) in [7, 11) is 1.29. The molecule has 9 nitrogen and oxygen atoms in total. The number of epoxide rings is 1. The Morgan fingerprint density at radius 1 is 1.19 bits per heavy atom. The number of aliphatic hydroxyl groups is 3. The normalized spacial score (nSPS) is 48.7. The molecule has 3 aliphatic carbocycles. The lowest BCUT2D eigenvalue weighted by atomic mass is 9.46. The molecule has 2 heterocycles. The van der Waals surface area contributed by atoms with E-state index >= 15 is 0 Å². The number of ketones is 1. The third kappa shape index (κ3) is 2.88. The van der Waals surface area contributed by atoms with Gasteiger partial charge >= 0.3 is 11.9 Å². The Hall–Kier alpha value is -2.33. The predicted molar refractivity (Wildman–Crippen MR) is 125 cm³/mol. The van der Waals surface area contributed by atoms with Gasteiger partial charge in [-0.25, -0.2) is 4.79 Å². The van der Waals surface area contributed by atoms with Crippen LogP contribution in [0.4, 0.5) is 0 Å². The van der Waals surface area contributed by atoms with Crippen molar-refractivity contribution < 1.29 is 43.9 Å². The number of rotatable bonds is 4. The minimum Gasteiger partial charge on any atom is -0.469 e. The third-order valence-electron chi connectivity index (χ3n) is 10.1. The Labute approximate surface area is 209 Å². The maximum atomic E-state index is 12.9. The molecule has 3 unspecified atom stereocenters. The highest BCUT2D eigenvalue weighted by molar-refractivity contribution is 5.96. The minimum atomic E-state index is -1.42. The van der Waals surface area contributed by atoms with Gasteiger partial charge in [-0.15, -0.1) is 0 Å². The van der Waals surface area contributed by atoms with Crippen LogP contribution in [0.15, 0.2) is 36.0 Å². The van der Waals surface area contributed by atoms with Crippen LogP contribution in [0, 0.1) is 34.0 Å². The lowest BCUT2D eigenvalue weighted by molar-refractivity contribution is -0.173. The molecule has 0 aromatic heterocycles. The van der Waals surface area contributed by atoms with Gasteiger partial charge in [0, 0.05) is 34.3 Å². The fourth-order valence-corrected chi connectivity index (χ4v) is 8.12. The number of cyclic esters (lactones) is 1. The highest BCUT2D eigenvalue weighted by atomic mass is 16.6. The average molecular weight is 503 g/mol. The van der Waals surface area contributed by atoms with E-state index in [0.29, 0.717) is 17.6 Å². The van der Waals surface area contributed by atoms with Gasteiger partial charge in [0.25, 0.3) is 0 Å². The van der Waals surface area contributed by atoms with Crippen molar-refractivity contribution in [2.75, 3.05) is 7.11 Å². The van der Waals surface area contributed by atoms with E-state index < -0.39 is 70.0 Å². The molecule has 1 spiro atoms. The Bertz CT molecular complexity index is 1120. The van der Waals surface area contributed by atoms with E-state index in [1.165, 1.54) is 19.3 Å². The molecule has 3 N–H and O–H groups in total. The number of carbonyl (C=O) groups excluding carboxylic acids is 3. The van der Waals surface area contributed by atoms with Crippen molar-refractivity contribution in [2.24, 2.45) is 34.0 Å². The SMILES string of the molecule is C=C1C([C@@]2(C)C=CC(=O)C(C)(C)[C@@H]2CC(=O)OC)[C@H](O)[C@H](O)[C@@]2(C)[C@H](C3=CC(=O)OC3O)C[C@H]3OC132. The van der Waals surface area contributed by atoms with Crippen LogP contribution >= 0.6 is 0 Å². The largest absolute Gasteiger partial charge is 0.469 e. The molecular weight excluding hydrogens is 468 g/mol. The smallest absolute Gasteiger partial charge is 0.333 e. The van der Waals surface area contributed by atoms with Crippen LogP contribution in [0.3, 0.4) is 0 Å². The zero-order valence-corrected chi connectivity index (χ0v) is 21.2. The standard InChI is InChI=1S/C27H34O9/c1-12-20(25(4)8-7-16(28)24(2,3)15(25)11-18(29)34-6)21(31)22(32)26(5)14(10-17-27(12,26)36-17)13-9-19(30)35-23(13)33/h7-9,14-15,17,20-23,31-33H,1,10-11H2,2-6H3/t14-,15-,17+,20?,21-,22-,23?,25-,26+,27?/m0/s1. The average Bonchev–Trinajstić information content (AvgIpc) is 3.36. The van der Waals surface area contributed by atoms with Gasteiger partial charge in [0.1, 0.15) is 5.60 Å². The topological polar surface area (TPSA) is 143 Å². The van der Waals surface area contributed by atoms with Gasteiger partial charge in [-0.05, 0) is 29.4 Å². The van der Waals surface area contributed by atoms with Gasteiger partial charge in [-0.2, -0.15) is 0 Å². The van der Waals surface area contributed by atoms with E-state index in [9.17, 15) is 29.7 Å². The summed E-state index contributed by atoms with van der Waals surface area (Å²) in [5.41, 5.74) is -3.06. The van der Waals surface area contributed by atoms with Crippen LogP contribution in [-0.4, -0.2) is 70.4 Å². The maximum absolute atomic E-state index is 12.9. The predicted octanol–water partition coefficient (Wildman–Crippen LogP) is 1.21. The Kier molecular flexibility index (Phi) is 5.35. The number of esters is 2. The molecule has 2 saturated carbocycles. The van der Waals surface area contributed by atoms with Gasteiger partial charge in [-0.3, -0.25) is 9.59 Å². The van der Waals surface area contributed by atoms with Crippen LogP contribution in [0.25, 0.3) is 0 Å². The molecule has 2 aliphatic heterocycles. The summed E-state index contributed by atoms with van der Waals surface area (Å²) in [4.78, 5) is 37.1. The summed E-state index contributed by atoms with van der Waals surface area (Å²) < 4.78 is 16.1. The van der Waals surface area contributed by atoms with E-state index in [-0.39, 0.29) is 18.3 Å². The molecule has 1 saturated heterocycles. The van der Waals surface area contributed by atoms with Crippen molar-refractivity contribution in [3.63, 3.8) is 0 Å². The van der Waals surface area contributed by atoms with E-state index in [0.717, 1.165) is 0 Å². The second-order valence-electron chi connectivity index (χ2n) is 11.9. The van der Waals surface area contributed by atoms with Gasteiger partial charge in [0.2, 0.25) is 6.29 Å². The van der Waals surface area contributed by atoms with Crippen molar-refractivity contribution in [2.45, 2.75) is 70.7 Å². The Balaban J connectivity index is 1.60. The lowest BCUT2D eigenvalue weighted by Gasteiger charge is -2.58. The quantitative estimate of drug-likeness (QED) is 0.294. The van der Waals surface area contributed by atoms with Crippen molar-refractivity contribution in [1.82, 2.24) is 0 Å². The van der Waals surface area contributed by atoms with E-state index in [2.05, 4.69) is 6.58 Å². The van der Waals surface area contributed by atoms with E-state index in [4.69, 9.17) is 14.2 Å². The highest BCUT2D eigenvalue weighted by Gasteiger charge is 2.83.